The number of rotatable bonds is 3. The highest BCUT2D eigenvalue weighted by molar-refractivity contribution is 9.10. The molecule has 0 spiro atoms. The molecule has 8 nitrogen and oxygen atoms in total. The average Bonchev–Trinajstić information content (AvgIpc) is 3.43. The number of hydrogen-bond donors (Lipinski definition) is 0. The first kappa shape index (κ1) is 18.4. The summed E-state index contributed by atoms with van der Waals surface area (Å²) in [5, 5.41) is 0. The Labute approximate surface area is 179 Å². The highest BCUT2D eigenvalue weighted by Crippen LogP contribution is 2.35. The van der Waals surface area contributed by atoms with E-state index < -0.39 is 11.8 Å². The van der Waals surface area contributed by atoms with Crippen LogP contribution in [0.4, 0.5) is 5.82 Å². The Morgan fingerprint density at radius 3 is 1.80 bits per heavy atom. The molecule has 0 bridgehead atoms. The van der Waals surface area contributed by atoms with Gasteiger partial charge in [-0.05, 0) is 64.5 Å². The van der Waals surface area contributed by atoms with Crippen molar-refractivity contribution in [2.45, 2.75) is 0 Å². The number of ether oxygens (including phenoxy) is 4. The summed E-state index contributed by atoms with van der Waals surface area (Å²) >= 11 is 3.31. The lowest BCUT2D eigenvalue weighted by Crippen LogP contribution is -2.37. The van der Waals surface area contributed by atoms with Crippen LogP contribution in [-0.4, -0.2) is 30.4 Å². The van der Waals surface area contributed by atoms with E-state index in [0.29, 0.717) is 23.0 Å². The smallest absolute Gasteiger partial charge is 0.266 e. The molecule has 1 aromatic heterocycles. The van der Waals surface area contributed by atoms with E-state index in [2.05, 4.69) is 20.9 Å². The van der Waals surface area contributed by atoms with Gasteiger partial charge in [-0.15, -0.1) is 0 Å². The number of aromatic nitrogens is 1. The molecule has 2 aliphatic rings. The van der Waals surface area contributed by atoms with Crippen molar-refractivity contribution in [3.63, 3.8) is 0 Å². The standard InChI is InChI=1S/C21H13BrN2O6/c22-14-3-6-19(23-9-14)24(20(25)12-1-4-15-17(7-12)29-10-27-15)21(26)13-2-5-16-18(8-13)30-11-28-16/h1-9H,10-11H2. The second-order valence-electron chi connectivity index (χ2n) is 6.42. The number of nitrogens with zero attached hydrogens (tertiary/aromatic N) is 2. The van der Waals surface area contributed by atoms with Gasteiger partial charge in [-0.2, -0.15) is 0 Å². The van der Waals surface area contributed by atoms with Crippen LogP contribution in [0.25, 0.3) is 0 Å². The zero-order valence-corrected chi connectivity index (χ0v) is 16.9. The number of carbonyl (C=O) groups is 2. The number of imide groups is 1. The maximum absolute atomic E-state index is 13.4. The number of amides is 2. The number of anilines is 1. The van der Waals surface area contributed by atoms with Crippen molar-refractivity contribution in [3.8, 4) is 23.0 Å². The molecule has 2 amide bonds. The first-order chi connectivity index (χ1) is 14.6. The van der Waals surface area contributed by atoms with Crippen molar-refractivity contribution in [1.29, 1.82) is 0 Å². The summed E-state index contributed by atoms with van der Waals surface area (Å²) in [5.74, 6) is 1.06. The Balaban J connectivity index is 1.55. The van der Waals surface area contributed by atoms with Crippen LogP contribution in [0.5, 0.6) is 23.0 Å². The summed E-state index contributed by atoms with van der Waals surface area (Å²) in [7, 11) is 0. The number of halogens is 1. The average molecular weight is 469 g/mol. The van der Waals surface area contributed by atoms with Crippen molar-refractivity contribution < 1.29 is 28.5 Å². The van der Waals surface area contributed by atoms with E-state index in [1.807, 2.05) is 0 Å². The molecule has 0 aliphatic carbocycles. The summed E-state index contributed by atoms with van der Waals surface area (Å²) in [5.41, 5.74) is 0.524. The van der Waals surface area contributed by atoms with Crippen molar-refractivity contribution in [2.24, 2.45) is 0 Å². The maximum atomic E-state index is 13.4. The summed E-state index contributed by atoms with van der Waals surface area (Å²) in [6.07, 6.45) is 1.52. The molecule has 0 saturated heterocycles. The normalized spacial score (nSPS) is 13.2. The van der Waals surface area contributed by atoms with E-state index in [4.69, 9.17) is 18.9 Å². The first-order valence-electron chi connectivity index (χ1n) is 8.90. The largest absolute Gasteiger partial charge is 0.454 e. The van der Waals surface area contributed by atoms with E-state index in [9.17, 15) is 9.59 Å². The molecule has 30 heavy (non-hydrogen) atoms. The van der Waals surface area contributed by atoms with Gasteiger partial charge < -0.3 is 18.9 Å². The fourth-order valence-electron chi connectivity index (χ4n) is 3.12. The molecule has 9 heteroatoms. The number of pyridine rings is 1. The first-order valence-corrected chi connectivity index (χ1v) is 9.69. The molecule has 3 heterocycles. The van der Waals surface area contributed by atoms with Gasteiger partial charge in [0.15, 0.2) is 23.0 Å². The third-order valence-corrected chi connectivity index (χ3v) is 5.06. The van der Waals surface area contributed by atoms with Crippen molar-refractivity contribution in [2.75, 3.05) is 18.5 Å². The summed E-state index contributed by atoms with van der Waals surface area (Å²) in [6.45, 7) is 0.169. The molecule has 0 fully saturated rings. The van der Waals surface area contributed by atoms with Gasteiger partial charge in [0.05, 0.1) is 0 Å². The second kappa shape index (κ2) is 7.34. The Morgan fingerprint density at radius 1 is 0.767 bits per heavy atom. The van der Waals surface area contributed by atoms with E-state index >= 15 is 0 Å². The van der Waals surface area contributed by atoms with Gasteiger partial charge in [-0.3, -0.25) is 9.59 Å². The molecule has 0 unspecified atom stereocenters. The number of hydrogen-bond acceptors (Lipinski definition) is 7. The fourth-order valence-corrected chi connectivity index (χ4v) is 3.35. The minimum absolute atomic E-state index is 0.0844. The fraction of sp³-hybridized carbons (Fsp3) is 0.0952. The molecule has 0 N–H and O–H groups in total. The lowest BCUT2D eigenvalue weighted by atomic mass is 10.1. The number of fused-ring (bicyclic) bond motifs is 2. The minimum Gasteiger partial charge on any atom is -0.454 e. The molecule has 0 saturated carbocycles. The molecule has 5 rings (SSSR count). The van der Waals surface area contributed by atoms with Crippen LogP contribution in [0.3, 0.4) is 0 Å². The topological polar surface area (TPSA) is 87.2 Å². The minimum atomic E-state index is -0.550. The van der Waals surface area contributed by atoms with Crippen molar-refractivity contribution in [1.82, 2.24) is 4.98 Å². The second-order valence-corrected chi connectivity index (χ2v) is 7.33. The molecule has 3 aromatic rings. The van der Waals surface area contributed by atoms with Crippen LogP contribution in [-0.2, 0) is 0 Å². The van der Waals surface area contributed by atoms with Crippen molar-refractivity contribution >= 4 is 33.6 Å². The Bertz CT molecular complexity index is 1100. The lowest BCUT2D eigenvalue weighted by molar-refractivity contribution is 0.0896. The molecular weight excluding hydrogens is 456 g/mol. The van der Waals surface area contributed by atoms with E-state index in [0.717, 1.165) is 9.37 Å². The van der Waals surface area contributed by atoms with E-state index in [-0.39, 0.29) is 30.5 Å². The van der Waals surface area contributed by atoms with Crippen molar-refractivity contribution in [3.05, 3.63) is 70.3 Å². The molecule has 150 valence electrons. The van der Waals surface area contributed by atoms with Crippen LogP contribution in [0, 0.1) is 0 Å². The highest BCUT2D eigenvalue weighted by Gasteiger charge is 2.29. The van der Waals surface area contributed by atoms with Crippen LogP contribution >= 0.6 is 15.9 Å². The number of carbonyl (C=O) groups excluding carboxylic acids is 2. The third-order valence-electron chi connectivity index (χ3n) is 4.59. The quantitative estimate of drug-likeness (QED) is 0.540. The van der Waals surface area contributed by atoms with Gasteiger partial charge in [0, 0.05) is 21.8 Å². The van der Waals surface area contributed by atoms with Gasteiger partial charge in [-0.1, -0.05) is 0 Å². The zero-order valence-electron chi connectivity index (χ0n) is 15.3. The maximum Gasteiger partial charge on any atom is 0.266 e. The van der Waals surface area contributed by atoms with Crippen LogP contribution in [0.1, 0.15) is 20.7 Å². The molecule has 0 atom stereocenters. The Hall–Kier alpha value is -3.59. The molecule has 2 aliphatic heterocycles. The monoisotopic (exact) mass is 468 g/mol. The zero-order chi connectivity index (χ0) is 20.7. The summed E-state index contributed by atoms with van der Waals surface area (Å²) < 4.78 is 22.0. The van der Waals surface area contributed by atoms with Crippen LogP contribution < -0.4 is 23.8 Å². The molecule has 2 aromatic carbocycles. The van der Waals surface area contributed by atoms with Gasteiger partial charge in [0.1, 0.15) is 5.82 Å². The highest BCUT2D eigenvalue weighted by atomic mass is 79.9. The summed E-state index contributed by atoms with van der Waals surface area (Å²) in [6, 6.07) is 12.8. The summed E-state index contributed by atoms with van der Waals surface area (Å²) in [4.78, 5) is 32.0. The van der Waals surface area contributed by atoms with E-state index in [1.54, 1.807) is 48.5 Å². The number of benzene rings is 2. The van der Waals surface area contributed by atoms with Crippen LogP contribution in [0.2, 0.25) is 0 Å². The van der Waals surface area contributed by atoms with Gasteiger partial charge in [-0.25, -0.2) is 9.88 Å². The van der Waals surface area contributed by atoms with Gasteiger partial charge in [0.25, 0.3) is 11.8 Å². The van der Waals surface area contributed by atoms with Crippen LogP contribution in [0.15, 0.2) is 59.2 Å². The predicted molar refractivity (Wildman–Crippen MR) is 108 cm³/mol. The van der Waals surface area contributed by atoms with Gasteiger partial charge >= 0.3 is 0 Å². The molecule has 0 radical (unpaired) electrons. The molecular formula is C21H13BrN2O6. The lowest BCUT2D eigenvalue weighted by Gasteiger charge is -2.20. The Morgan fingerprint density at radius 2 is 1.30 bits per heavy atom. The predicted octanol–water partition coefficient (Wildman–Crippen LogP) is 3.79. The Kier molecular flexibility index (Phi) is 4.51. The van der Waals surface area contributed by atoms with E-state index in [1.165, 1.54) is 6.20 Å². The van der Waals surface area contributed by atoms with Gasteiger partial charge in [0.2, 0.25) is 13.6 Å². The SMILES string of the molecule is O=C(c1ccc2c(c1)OCO2)N(C(=O)c1ccc2c(c1)OCO2)c1ccc(Br)cn1. The third kappa shape index (κ3) is 3.22.